The maximum absolute atomic E-state index is 12.5. The molecule has 1 aliphatic rings. The molecule has 110 valence electrons. The summed E-state index contributed by atoms with van der Waals surface area (Å²) in [5.74, 6) is 0.526. The van der Waals surface area contributed by atoms with Crippen molar-refractivity contribution in [3.63, 3.8) is 0 Å². The average Bonchev–Trinajstić information content (AvgIpc) is 2.46. The van der Waals surface area contributed by atoms with Crippen molar-refractivity contribution in [2.75, 3.05) is 13.2 Å². The van der Waals surface area contributed by atoms with Gasteiger partial charge in [-0.2, -0.15) is 0 Å². The summed E-state index contributed by atoms with van der Waals surface area (Å²) in [7, 11) is 0. The SMILES string of the molecule is CC(C)[C@H](Cc1ccccc1)C(=O)N[C@H]1CCCOC1. The minimum absolute atomic E-state index is 0.0272. The van der Waals surface area contributed by atoms with Crippen LogP contribution >= 0.6 is 0 Å². The number of rotatable bonds is 5. The summed E-state index contributed by atoms with van der Waals surface area (Å²) < 4.78 is 5.43. The summed E-state index contributed by atoms with van der Waals surface area (Å²) in [5, 5.41) is 3.16. The van der Waals surface area contributed by atoms with E-state index in [-0.39, 0.29) is 17.9 Å². The third-order valence-electron chi connectivity index (χ3n) is 3.95. The van der Waals surface area contributed by atoms with Crippen LogP contribution in [0, 0.1) is 11.8 Å². The van der Waals surface area contributed by atoms with E-state index in [1.807, 2.05) is 18.2 Å². The molecule has 1 heterocycles. The van der Waals surface area contributed by atoms with Crippen LogP contribution in [-0.2, 0) is 16.0 Å². The van der Waals surface area contributed by atoms with Crippen molar-refractivity contribution in [3.05, 3.63) is 35.9 Å². The number of amides is 1. The van der Waals surface area contributed by atoms with Gasteiger partial charge < -0.3 is 10.1 Å². The van der Waals surface area contributed by atoms with E-state index in [9.17, 15) is 4.79 Å². The van der Waals surface area contributed by atoms with Crippen molar-refractivity contribution >= 4 is 5.91 Å². The molecule has 3 nitrogen and oxygen atoms in total. The van der Waals surface area contributed by atoms with E-state index in [0.717, 1.165) is 25.9 Å². The highest BCUT2D eigenvalue weighted by Crippen LogP contribution is 2.18. The molecule has 0 radical (unpaired) electrons. The van der Waals surface area contributed by atoms with E-state index in [1.165, 1.54) is 5.56 Å². The Morgan fingerprint density at radius 2 is 2.10 bits per heavy atom. The van der Waals surface area contributed by atoms with Gasteiger partial charge in [0, 0.05) is 12.5 Å². The minimum Gasteiger partial charge on any atom is -0.379 e. The first kappa shape index (κ1) is 15.0. The van der Waals surface area contributed by atoms with Crippen LogP contribution in [0.25, 0.3) is 0 Å². The summed E-state index contributed by atoms with van der Waals surface area (Å²) >= 11 is 0. The van der Waals surface area contributed by atoms with Crippen LogP contribution in [0.2, 0.25) is 0 Å². The van der Waals surface area contributed by atoms with Crippen LogP contribution in [0.4, 0.5) is 0 Å². The molecule has 20 heavy (non-hydrogen) atoms. The second kappa shape index (κ2) is 7.44. The van der Waals surface area contributed by atoms with Crippen molar-refractivity contribution in [1.82, 2.24) is 5.32 Å². The molecule has 1 saturated heterocycles. The first-order chi connectivity index (χ1) is 9.66. The fraction of sp³-hybridized carbons (Fsp3) is 0.588. The molecule has 1 N–H and O–H groups in total. The van der Waals surface area contributed by atoms with Crippen molar-refractivity contribution in [1.29, 1.82) is 0 Å². The van der Waals surface area contributed by atoms with Crippen LogP contribution < -0.4 is 5.32 Å². The van der Waals surface area contributed by atoms with Gasteiger partial charge in [0.1, 0.15) is 0 Å². The van der Waals surface area contributed by atoms with Gasteiger partial charge in [-0.25, -0.2) is 0 Å². The van der Waals surface area contributed by atoms with Crippen LogP contribution in [0.3, 0.4) is 0 Å². The fourth-order valence-electron chi connectivity index (χ4n) is 2.66. The Balaban J connectivity index is 1.95. The largest absolute Gasteiger partial charge is 0.379 e. The van der Waals surface area contributed by atoms with E-state index in [0.29, 0.717) is 12.5 Å². The van der Waals surface area contributed by atoms with Gasteiger partial charge in [-0.1, -0.05) is 44.2 Å². The maximum Gasteiger partial charge on any atom is 0.223 e. The summed E-state index contributed by atoms with van der Waals surface area (Å²) in [6.45, 7) is 5.71. The second-order valence-corrected chi connectivity index (χ2v) is 5.96. The van der Waals surface area contributed by atoms with Crippen LogP contribution in [0.15, 0.2) is 30.3 Å². The molecule has 0 saturated carbocycles. The molecule has 2 atom stereocenters. The molecular formula is C17H25NO2. The summed E-state index contributed by atoms with van der Waals surface area (Å²) in [6, 6.07) is 10.4. The van der Waals surface area contributed by atoms with Crippen molar-refractivity contribution < 1.29 is 9.53 Å². The summed E-state index contributed by atoms with van der Waals surface area (Å²) in [4.78, 5) is 12.5. The Bertz CT molecular complexity index is 410. The van der Waals surface area contributed by atoms with E-state index >= 15 is 0 Å². The summed E-state index contributed by atoms with van der Waals surface area (Å²) in [5.41, 5.74) is 1.22. The predicted molar refractivity (Wildman–Crippen MR) is 80.5 cm³/mol. The van der Waals surface area contributed by atoms with Gasteiger partial charge in [-0.15, -0.1) is 0 Å². The Morgan fingerprint density at radius 3 is 2.70 bits per heavy atom. The number of ether oxygens (including phenoxy) is 1. The topological polar surface area (TPSA) is 38.3 Å². The molecule has 0 aromatic heterocycles. The van der Waals surface area contributed by atoms with Gasteiger partial charge in [-0.3, -0.25) is 4.79 Å². The second-order valence-electron chi connectivity index (χ2n) is 5.96. The van der Waals surface area contributed by atoms with Gasteiger partial charge in [0.25, 0.3) is 0 Å². The zero-order valence-corrected chi connectivity index (χ0v) is 12.5. The van der Waals surface area contributed by atoms with Gasteiger partial charge in [0.15, 0.2) is 0 Å². The molecule has 0 bridgehead atoms. The van der Waals surface area contributed by atoms with E-state index < -0.39 is 0 Å². The van der Waals surface area contributed by atoms with Crippen LogP contribution in [-0.4, -0.2) is 25.2 Å². The van der Waals surface area contributed by atoms with E-state index in [1.54, 1.807) is 0 Å². The number of carbonyl (C=O) groups is 1. The first-order valence-electron chi connectivity index (χ1n) is 7.59. The number of carbonyl (C=O) groups excluding carboxylic acids is 1. The highest BCUT2D eigenvalue weighted by molar-refractivity contribution is 5.79. The average molecular weight is 275 g/mol. The maximum atomic E-state index is 12.5. The molecule has 2 rings (SSSR count). The lowest BCUT2D eigenvalue weighted by molar-refractivity contribution is -0.128. The lowest BCUT2D eigenvalue weighted by atomic mass is 9.88. The number of benzene rings is 1. The van der Waals surface area contributed by atoms with Gasteiger partial charge >= 0.3 is 0 Å². The molecule has 1 fully saturated rings. The highest BCUT2D eigenvalue weighted by Gasteiger charge is 2.25. The highest BCUT2D eigenvalue weighted by atomic mass is 16.5. The quantitative estimate of drug-likeness (QED) is 0.897. The monoisotopic (exact) mass is 275 g/mol. The van der Waals surface area contributed by atoms with Gasteiger partial charge in [0.2, 0.25) is 5.91 Å². The zero-order valence-electron chi connectivity index (χ0n) is 12.5. The first-order valence-corrected chi connectivity index (χ1v) is 7.59. The molecule has 0 aliphatic carbocycles. The summed E-state index contributed by atoms with van der Waals surface area (Å²) in [6.07, 6.45) is 2.87. The molecule has 3 heteroatoms. The third kappa shape index (κ3) is 4.34. The zero-order chi connectivity index (χ0) is 14.4. The van der Waals surface area contributed by atoms with Crippen LogP contribution in [0.5, 0.6) is 0 Å². The number of hydrogen-bond donors (Lipinski definition) is 1. The van der Waals surface area contributed by atoms with Crippen molar-refractivity contribution in [2.45, 2.75) is 39.2 Å². The predicted octanol–water partition coefficient (Wildman–Crippen LogP) is 2.80. The minimum atomic E-state index is 0.0272. The van der Waals surface area contributed by atoms with Crippen molar-refractivity contribution in [3.8, 4) is 0 Å². The molecule has 0 unspecified atom stereocenters. The third-order valence-corrected chi connectivity index (χ3v) is 3.95. The smallest absolute Gasteiger partial charge is 0.223 e. The van der Waals surface area contributed by atoms with Crippen molar-refractivity contribution in [2.24, 2.45) is 11.8 Å². The lowest BCUT2D eigenvalue weighted by Crippen LogP contribution is -2.45. The van der Waals surface area contributed by atoms with E-state index in [4.69, 9.17) is 4.74 Å². The molecule has 0 spiro atoms. The standard InChI is InChI=1S/C17H25NO2/c1-13(2)16(11-14-7-4-3-5-8-14)17(19)18-15-9-6-10-20-12-15/h3-5,7-8,13,15-16H,6,9-12H2,1-2H3,(H,18,19)/t15-,16-/m0/s1. The Morgan fingerprint density at radius 1 is 1.35 bits per heavy atom. The Labute approximate surface area is 121 Å². The number of nitrogens with one attached hydrogen (secondary N) is 1. The Kier molecular flexibility index (Phi) is 5.60. The molecule has 1 aromatic carbocycles. The fourth-order valence-corrected chi connectivity index (χ4v) is 2.66. The Hall–Kier alpha value is -1.35. The molecule has 1 amide bonds. The van der Waals surface area contributed by atoms with Gasteiger partial charge in [-0.05, 0) is 30.7 Å². The van der Waals surface area contributed by atoms with Gasteiger partial charge in [0.05, 0.1) is 12.6 Å². The van der Waals surface area contributed by atoms with E-state index in [2.05, 4.69) is 31.3 Å². The van der Waals surface area contributed by atoms with Crippen LogP contribution in [0.1, 0.15) is 32.3 Å². The normalized spacial score (nSPS) is 20.6. The molecular weight excluding hydrogens is 250 g/mol. The molecule has 1 aromatic rings. The number of hydrogen-bond acceptors (Lipinski definition) is 2. The lowest BCUT2D eigenvalue weighted by Gasteiger charge is -2.27. The molecule has 1 aliphatic heterocycles.